The van der Waals surface area contributed by atoms with Gasteiger partial charge in [0.05, 0.1) is 17.2 Å². The lowest BCUT2D eigenvalue weighted by atomic mass is 10.00. The van der Waals surface area contributed by atoms with E-state index < -0.39 is 0 Å². The van der Waals surface area contributed by atoms with Crippen LogP contribution in [0.3, 0.4) is 0 Å². The summed E-state index contributed by atoms with van der Waals surface area (Å²) in [5.41, 5.74) is 1.85. The molecule has 7 heteroatoms. The van der Waals surface area contributed by atoms with Gasteiger partial charge in [-0.25, -0.2) is 4.99 Å². The van der Waals surface area contributed by atoms with Crippen LogP contribution in [0.25, 0.3) is 0 Å². The van der Waals surface area contributed by atoms with E-state index in [0.29, 0.717) is 18.2 Å². The van der Waals surface area contributed by atoms with Gasteiger partial charge >= 0.3 is 0 Å². The van der Waals surface area contributed by atoms with Gasteiger partial charge in [0.2, 0.25) is 5.84 Å². The van der Waals surface area contributed by atoms with E-state index in [2.05, 4.69) is 15.0 Å². The number of ether oxygens (including phenoxy) is 1. The monoisotopic (exact) mass is 375 g/mol. The molecule has 1 heterocycles. The SMILES string of the molecule is COCC(CNC(=O)C1=Nc2ccc(Cl)cc2SN1)c1ccccc1. The predicted molar refractivity (Wildman–Crippen MR) is 102 cm³/mol. The molecule has 2 aromatic rings. The molecule has 0 radical (unpaired) electrons. The van der Waals surface area contributed by atoms with E-state index in [1.54, 1.807) is 19.2 Å². The number of amides is 1. The largest absolute Gasteiger partial charge is 0.384 e. The lowest BCUT2D eigenvalue weighted by Gasteiger charge is -2.19. The molecular weight excluding hydrogens is 358 g/mol. The van der Waals surface area contributed by atoms with E-state index in [-0.39, 0.29) is 17.7 Å². The Morgan fingerprint density at radius 1 is 1.32 bits per heavy atom. The van der Waals surface area contributed by atoms with E-state index in [0.717, 1.165) is 16.1 Å². The Morgan fingerprint density at radius 3 is 2.88 bits per heavy atom. The Balaban J connectivity index is 1.66. The first-order chi connectivity index (χ1) is 12.2. The second-order valence-corrected chi connectivity index (χ2v) is 6.83. The Morgan fingerprint density at radius 2 is 2.12 bits per heavy atom. The molecule has 3 rings (SSSR count). The molecule has 0 saturated carbocycles. The van der Waals surface area contributed by atoms with E-state index in [1.807, 2.05) is 36.4 Å². The summed E-state index contributed by atoms with van der Waals surface area (Å²) in [5.74, 6) is 0.118. The highest BCUT2D eigenvalue weighted by atomic mass is 35.5. The number of nitrogens with zero attached hydrogens (tertiary/aromatic N) is 1. The molecule has 130 valence electrons. The molecule has 1 aliphatic heterocycles. The number of carbonyl (C=O) groups excluding carboxylic acids is 1. The van der Waals surface area contributed by atoms with Gasteiger partial charge in [-0.15, -0.1) is 0 Å². The zero-order valence-electron chi connectivity index (χ0n) is 13.7. The summed E-state index contributed by atoms with van der Waals surface area (Å²) in [6.07, 6.45) is 0. The van der Waals surface area contributed by atoms with Crippen LogP contribution in [0.2, 0.25) is 5.02 Å². The van der Waals surface area contributed by atoms with Crippen molar-refractivity contribution >= 4 is 41.0 Å². The Hall–Kier alpha value is -2.02. The highest BCUT2D eigenvalue weighted by molar-refractivity contribution is 7.98. The summed E-state index contributed by atoms with van der Waals surface area (Å²) < 4.78 is 8.24. The van der Waals surface area contributed by atoms with Crippen LogP contribution in [0, 0.1) is 0 Å². The van der Waals surface area contributed by atoms with Crippen molar-refractivity contribution in [1.29, 1.82) is 0 Å². The van der Waals surface area contributed by atoms with Crippen molar-refractivity contribution in [3.8, 4) is 0 Å². The van der Waals surface area contributed by atoms with Crippen LogP contribution in [0.1, 0.15) is 11.5 Å². The van der Waals surface area contributed by atoms with Gasteiger partial charge in [0.15, 0.2) is 0 Å². The number of rotatable bonds is 6. The van der Waals surface area contributed by atoms with Gasteiger partial charge in [-0.2, -0.15) is 0 Å². The number of aliphatic imine (C=N–C) groups is 1. The summed E-state index contributed by atoms with van der Waals surface area (Å²) >= 11 is 7.30. The third kappa shape index (κ3) is 4.54. The first-order valence-corrected chi connectivity index (χ1v) is 9.00. The number of hydrogen-bond donors (Lipinski definition) is 2. The Bertz CT molecular complexity index is 783. The molecule has 0 fully saturated rings. The highest BCUT2D eigenvalue weighted by Gasteiger charge is 2.20. The van der Waals surface area contributed by atoms with Crippen molar-refractivity contribution in [3.05, 3.63) is 59.1 Å². The molecule has 0 spiro atoms. The minimum absolute atomic E-state index is 0.0816. The summed E-state index contributed by atoms with van der Waals surface area (Å²) in [6.45, 7) is 0.996. The molecule has 5 nitrogen and oxygen atoms in total. The zero-order valence-corrected chi connectivity index (χ0v) is 15.2. The van der Waals surface area contributed by atoms with Gasteiger partial charge in [0.25, 0.3) is 5.91 Å². The number of nitrogens with one attached hydrogen (secondary N) is 2. The molecule has 25 heavy (non-hydrogen) atoms. The van der Waals surface area contributed by atoms with Crippen LogP contribution >= 0.6 is 23.5 Å². The summed E-state index contributed by atoms with van der Waals surface area (Å²) in [7, 11) is 1.66. The van der Waals surface area contributed by atoms with Crippen LogP contribution in [0.4, 0.5) is 5.69 Å². The summed E-state index contributed by atoms with van der Waals surface area (Å²) in [4.78, 5) is 17.7. The number of halogens is 1. The quantitative estimate of drug-likeness (QED) is 0.758. The minimum atomic E-state index is -0.245. The molecule has 1 amide bonds. The molecule has 1 aliphatic rings. The van der Waals surface area contributed by atoms with Crippen LogP contribution in [-0.4, -0.2) is 32.0 Å². The molecule has 0 saturated heterocycles. The average Bonchev–Trinajstić information content (AvgIpc) is 2.65. The first-order valence-electron chi connectivity index (χ1n) is 7.80. The topological polar surface area (TPSA) is 62.7 Å². The number of methoxy groups -OCH3 is 1. The van der Waals surface area contributed by atoms with E-state index >= 15 is 0 Å². The highest BCUT2D eigenvalue weighted by Crippen LogP contribution is 2.33. The standard InChI is InChI=1S/C18H18ClN3O2S/c1-24-11-13(12-5-3-2-4-6-12)10-20-18(23)17-21-15-8-7-14(19)9-16(15)25-22-17/h2-9,13H,10-11H2,1H3,(H,20,23)(H,21,22). The number of amidine groups is 1. The fourth-order valence-corrected chi connectivity index (χ4v) is 3.49. The smallest absolute Gasteiger partial charge is 0.287 e. The number of fused-ring (bicyclic) bond motifs is 1. The summed E-state index contributed by atoms with van der Waals surface area (Å²) in [6, 6.07) is 15.4. The minimum Gasteiger partial charge on any atom is -0.384 e. The normalized spacial score (nSPS) is 14.1. The first kappa shape index (κ1) is 17.8. The van der Waals surface area contributed by atoms with Crippen molar-refractivity contribution in [2.24, 2.45) is 4.99 Å². The van der Waals surface area contributed by atoms with Crippen LogP contribution in [0.15, 0.2) is 58.4 Å². The van der Waals surface area contributed by atoms with Crippen LogP contribution < -0.4 is 10.0 Å². The zero-order chi connectivity index (χ0) is 17.6. The number of carbonyl (C=O) groups is 1. The molecule has 1 atom stereocenters. The second-order valence-electron chi connectivity index (χ2n) is 5.55. The molecule has 1 unspecified atom stereocenters. The van der Waals surface area contributed by atoms with Crippen LogP contribution in [-0.2, 0) is 9.53 Å². The Labute approximate surface area is 156 Å². The van der Waals surface area contributed by atoms with Gasteiger partial charge in [0.1, 0.15) is 0 Å². The lowest BCUT2D eigenvalue weighted by molar-refractivity contribution is -0.115. The van der Waals surface area contributed by atoms with Gasteiger partial charge < -0.3 is 14.8 Å². The van der Waals surface area contributed by atoms with E-state index in [9.17, 15) is 4.79 Å². The maximum atomic E-state index is 12.4. The number of benzene rings is 2. The second kappa shape index (κ2) is 8.38. The third-order valence-corrected chi connectivity index (χ3v) is 4.85. The molecule has 0 aliphatic carbocycles. The molecule has 2 aromatic carbocycles. The van der Waals surface area contributed by atoms with E-state index in [1.165, 1.54) is 11.9 Å². The average molecular weight is 376 g/mol. The van der Waals surface area contributed by atoms with Gasteiger partial charge in [-0.3, -0.25) is 4.79 Å². The maximum absolute atomic E-state index is 12.4. The fourth-order valence-electron chi connectivity index (χ4n) is 2.50. The van der Waals surface area contributed by atoms with Gasteiger partial charge in [-0.05, 0) is 35.7 Å². The molecule has 0 bridgehead atoms. The van der Waals surface area contributed by atoms with Crippen molar-refractivity contribution < 1.29 is 9.53 Å². The van der Waals surface area contributed by atoms with Gasteiger partial charge in [-0.1, -0.05) is 41.9 Å². The fraction of sp³-hybridized carbons (Fsp3) is 0.222. The van der Waals surface area contributed by atoms with Crippen molar-refractivity contribution in [2.75, 3.05) is 20.3 Å². The predicted octanol–water partition coefficient (Wildman–Crippen LogP) is 3.53. The van der Waals surface area contributed by atoms with Gasteiger partial charge in [0, 0.05) is 24.6 Å². The van der Waals surface area contributed by atoms with Crippen molar-refractivity contribution in [3.63, 3.8) is 0 Å². The number of hydrogen-bond acceptors (Lipinski definition) is 5. The summed E-state index contributed by atoms with van der Waals surface area (Å²) in [5, 5.41) is 3.57. The third-order valence-electron chi connectivity index (χ3n) is 3.77. The lowest BCUT2D eigenvalue weighted by Crippen LogP contribution is -2.40. The maximum Gasteiger partial charge on any atom is 0.287 e. The van der Waals surface area contributed by atoms with Crippen molar-refractivity contribution in [2.45, 2.75) is 10.8 Å². The van der Waals surface area contributed by atoms with E-state index in [4.69, 9.17) is 16.3 Å². The molecule has 0 aromatic heterocycles. The van der Waals surface area contributed by atoms with Crippen LogP contribution in [0.5, 0.6) is 0 Å². The molecule has 2 N–H and O–H groups in total. The Kier molecular flexibility index (Phi) is 5.96. The van der Waals surface area contributed by atoms with Crippen molar-refractivity contribution in [1.82, 2.24) is 10.0 Å². The molecular formula is C18H18ClN3O2S.